The largest absolute Gasteiger partial charge is 0.493 e. The molecule has 0 atom stereocenters. The molecular weight excluding hydrogens is 194 g/mol. The molecule has 1 aliphatic rings. The van der Waals surface area contributed by atoms with Crippen molar-refractivity contribution in [1.29, 1.82) is 0 Å². The van der Waals surface area contributed by atoms with E-state index in [9.17, 15) is 4.79 Å². The van der Waals surface area contributed by atoms with Crippen molar-refractivity contribution in [3.05, 3.63) is 29.8 Å². The zero-order chi connectivity index (χ0) is 10.8. The van der Waals surface area contributed by atoms with E-state index < -0.39 is 5.97 Å². The predicted octanol–water partition coefficient (Wildman–Crippen LogP) is 1.52. The van der Waals surface area contributed by atoms with Crippen LogP contribution in [0.25, 0.3) is 5.57 Å². The Morgan fingerprint density at radius 1 is 1.53 bits per heavy atom. The molecule has 0 saturated carbocycles. The van der Waals surface area contributed by atoms with Gasteiger partial charge in [-0.25, -0.2) is 4.79 Å². The highest BCUT2D eigenvalue weighted by molar-refractivity contribution is 5.91. The van der Waals surface area contributed by atoms with E-state index in [1.54, 1.807) is 18.2 Å². The van der Waals surface area contributed by atoms with Crippen LogP contribution >= 0.6 is 0 Å². The number of hydrogen-bond acceptors (Lipinski definition) is 3. The van der Waals surface area contributed by atoms with Gasteiger partial charge >= 0.3 is 5.97 Å². The Morgan fingerprint density at radius 2 is 2.33 bits per heavy atom. The first kappa shape index (κ1) is 9.58. The molecule has 78 valence electrons. The second-order valence-corrected chi connectivity index (χ2v) is 3.36. The lowest BCUT2D eigenvalue weighted by atomic mass is 9.99. The van der Waals surface area contributed by atoms with E-state index in [2.05, 4.69) is 0 Å². The number of hydrogen-bond donors (Lipinski definition) is 2. The summed E-state index contributed by atoms with van der Waals surface area (Å²) in [4.78, 5) is 10.6. The van der Waals surface area contributed by atoms with Gasteiger partial charge in [-0.1, -0.05) is 0 Å². The first-order chi connectivity index (χ1) is 7.16. The van der Waals surface area contributed by atoms with Gasteiger partial charge in [-0.05, 0) is 23.8 Å². The first-order valence-electron chi connectivity index (χ1n) is 4.63. The first-order valence-corrected chi connectivity index (χ1v) is 4.63. The van der Waals surface area contributed by atoms with Crippen LogP contribution in [0.4, 0.5) is 5.69 Å². The van der Waals surface area contributed by atoms with Crippen molar-refractivity contribution in [2.45, 2.75) is 6.42 Å². The van der Waals surface area contributed by atoms with Crippen molar-refractivity contribution in [3.8, 4) is 5.75 Å². The molecule has 0 unspecified atom stereocenters. The molecule has 15 heavy (non-hydrogen) atoms. The fourth-order valence-electron chi connectivity index (χ4n) is 1.63. The van der Waals surface area contributed by atoms with Gasteiger partial charge in [0.25, 0.3) is 0 Å². The summed E-state index contributed by atoms with van der Waals surface area (Å²) in [5.74, 6) is -0.247. The summed E-state index contributed by atoms with van der Waals surface area (Å²) in [5, 5.41) is 8.71. The molecule has 3 N–H and O–H groups in total. The third kappa shape index (κ3) is 1.93. The molecule has 0 amide bonds. The summed E-state index contributed by atoms with van der Waals surface area (Å²) >= 11 is 0. The maximum atomic E-state index is 10.6. The molecule has 0 bridgehead atoms. The van der Waals surface area contributed by atoms with Gasteiger partial charge in [0, 0.05) is 23.7 Å². The molecule has 0 radical (unpaired) electrons. The molecule has 1 aliphatic heterocycles. The second-order valence-electron chi connectivity index (χ2n) is 3.36. The Hall–Kier alpha value is -1.97. The number of rotatable bonds is 1. The Kier molecular flexibility index (Phi) is 2.33. The molecule has 0 aromatic heterocycles. The highest BCUT2D eigenvalue weighted by Gasteiger charge is 2.16. The third-order valence-corrected chi connectivity index (χ3v) is 2.28. The van der Waals surface area contributed by atoms with Crippen LogP contribution in [0, 0.1) is 0 Å². The Labute approximate surface area is 87.0 Å². The van der Waals surface area contributed by atoms with Crippen molar-refractivity contribution in [2.75, 3.05) is 12.3 Å². The molecule has 4 heteroatoms. The number of carboxylic acid groups (broad SMARTS) is 1. The van der Waals surface area contributed by atoms with Crippen molar-refractivity contribution in [3.63, 3.8) is 0 Å². The SMILES string of the molecule is Nc1ccc2c(c1)/C(=C/C(=O)O)CCO2. The van der Waals surface area contributed by atoms with E-state index in [1.165, 1.54) is 6.08 Å². The van der Waals surface area contributed by atoms with Crippen LogP contribution in [0.15, 0.2) is 24.3 Å². The van der Waals surface area contributed by atoms with E-state index in [-0.39, 0.29) is 0 Å². The summed E-state index contributed by atoms with van der Waals surface area (Å²) < 4.78 is 5.40. The number of nitrogens with two attached hydrogens (primary N) is 1. The molecule has 1 aromatic rings. The number of carbonyl (C=O) groups is 1. The zero-order valence-corrected chi connectivity index (χ0v) is 8.06. The maximum Gasteiger partial charge on any atom is 0.328 e. The zero-order valence-electron chi connectivity index (χ0n) is 8.06. The highest BCUT2D eigenvalue weighted by Crippen LogP contribution is 2.33. The lowest BCUT2D eigenvalue weighted by molar-refractivity contribution is -0.131. The van der Waals surface area contributed by atoms with Crippen molar-refractivity contribution in [2.24, 2.45) is 0 Å². The minimum Gasteiger partial charge on any atom is -0.493 e. The highest BCUT2D eigenvalue weighted by atomic mass is 16.5. The topological polar surface area (TPSA) is 72.6 Å². The van der Waals surface area contributed by atoms with Gasteiger partial charge in [-0.15, -0.1) is 0 Å². The molecule has 0 spiro atoms. The lowest BCUT2D eigenvalue weighted by Crippen LogP contribution is -2.09. The standard InChI is InChI=1S/C11H11NO3/c12-8-1-2-10-9(6-8)7(3-4-15-10)5-11(13)14/h1-2,5-6H,3-4,12H2,(H,13,14)/b7-5+. The van der Waals surface area contributed by atoms with Gasteiger partial charge in [0.2, 0.25) is 0 Å². The van der Waals surface area contributed by atoms with Gasteiger partial charge in [-0.3, -0.25) is 0 Å². The average Bonchev–Trinajstić information content (AvgIpc) is 2.18. The van der Waals surface area contributed by atoms with Crippen LogP contribution in [0.1, 0.15) is 12.0 Å². The van der Waals surface area contributed by atoms with Gasteiger partial charge in [0.15, 0.2) is 0 Å². The van der Waals surface area contributed by atoms with Gasteiger partial charge < -0.3 is 15.6 Å². The Morgan fingerprint density at radius 3 is 3.07 bits per heavy atom. The Balaban J connectivity index is 2.49. The summed E-state index contributed by atoms with van der Waals surface area (Å²) in [6.07, 6.45) is 1.81. The number of anilines is 1. The molecule has 0 fully saturated rings. The van der Waals surface area contributed by atoms with E-state index in [0.29, 0.717) is 24.5 Å². The van der Waals surface area contributed by atoms with Crippen LogP contribution < -0.4 is 10.5 Å². The molecule has 4 nitrogen and oxygen atoms in total. The molecule has 2 rings (SSSR count). The normalized spacial score (nSPS) is 16.9. The number of benzene rings is 1. The minimum atomic E-state index is -0.944. The smallest absolute Gasteiger partial charge is 0.328 e. The van der Waals surface area contributed by atoms with Crippen molar-refractivity contribution in [1.82, 2.24) is 0 Å². The predicted molar refractivity (Wildman–Crippen MR) is 56.6 cm³/mol. The van der Waals surface area contributed by atoms with E-state index >= 15 is 0 Å². The summed E-state index contributed by atoms with van der Waals surface area (Å²) in [5.41, 5.74) is 7.79. The monoisotopic (exact) mass is 205 g/mol. The fraction of sp³-hybridized carbons (Fsp3) is 0.182. The summed E-state index contributed by atoms with van der Waals surface area (Å²) in [6.45, 7) is 0.510. The van der Waals surface area contributed by atoms with E-state index in [4.69, 9.17) is 15.6 Å². The van der Waals surface area contributed by atoms with Crippen LogP contribution in [0.2, 0.25) is 0 Å². The maximum absolute atomic E-state index is 10.6. The molecule has 1 aromatic carbocycles. The van der Waals surface area contributed by atoms with Crippen LogP contribution in [0.5, 0.6) is 5.75 Å². The van der Waals surface area contributed by atoms with Crippen LogP contribution in [0.3, 0.4) is 0 Å². The van der Waals surface area contributed by atoms with Gasteiger partial charge in [-0.2, -0.15) is 0 Å². The second kappa shape index (κ2) is 3.65. The van der Waals surface area contributed by atoms with Crippen molar-refractivity contribution < 1.29 is 14.6 Å². The van der Waals surface area contributed by atoms with Gasteiger partial charge in [0.1, 0.15) is 5.75 Å². The third-order valence-electron chi connectivity index (χ3n) is 2.28. The average molecular weight is 205 g/mol. The van der Waals surface area contributed by atoms with Gasteiger partial charge in [0.05, 0.1) is 6.61 Å². The van der Waals surface area contributed by atoms with Crippen LogP contribution in [-0.2, 0) is 4.79 Å². The quantitative estimate of drug-likeness (QED) is 0.538. The van der Waals surface area contributed by atoms with Crippen LogP contribution in [-0.4, -0.2) is 17.7 Å². The molecular formula is C11H11NO3. The molecule has 0 saturated heterocycles. The summed E-state index contributed by atoms with van der Waals surface area (Å²) in [6, 6.07) is 5.24. The fourth-order valence-corrected chi connectivity index (χ4v) is 1.63. The van der Waals surface area contributed by atoms with Crippen molar-refractivity contribution >= 4 is 17.2 Å². The minimum absolute atomic E-state index is 0.510. The number of fused-ring (bicyclic) bond motifs is 1. The number of aliphatic carboxylic acids is 1. The number of ether oxygens (including phenoxy) is 1. The summed E-state index contributed by atoms with van der Waals surface area (Å²) in [7, 11) is 0. The number of carboxylic acids is 1. The molecule has 1 heterocycles. The Bertz CT molecular complexity index is 437. The lowest BCUT2D eigenvalue weighted by Gasteiger charge is -2.19. The molecule has 0 aliphatic carbocycles. The van der Waals surface area contributed by atoms with E-state index in [1.807, 2.05) is 0 Å². The van der Waals surface area contributed by atoms with E-state index in [0.717, 1.165) is 11.1 Å². The number of nitrogen functional groups attached to an aromatic ring is 1.